The van der Waals surface area contributed by atoms with Crippen molar-refractivity contribution in [2.75, 3.05) is 6.54 Å². The lowest BCUT2D eigenvalue weighted by Crippen LogP contribution is -2.35. The molecule has 2 nitrogen and oxygen atoms in total. The molecular formula is C8H19NO. The van der Waals surface area contributed by atoms with Gasteiger partial charge in [0.1, 0.15) is 0 Å². The van der Waals surface area contributed by atoms with Gasteiger partial charge in [-0.05, 0) is 19.8 Å². The van der Waals surface area contributed by atoms with Crippen LogP contribution >= 0.6 is 0 Å². The molecule has 0 aromatic carbocycles. The van der Waals surface area contributed by atoms with Gasteiger partial charge in [-0.2, -0.15) is 0 Å². The summed E-state index contributed by atoms with van der Waals surface area (Å²) in [6.07, 6.45) is -0.235. The van der Waals surface area contributed by atoms with Crippen LogP contribution in [0.25, 0.3) is 0 Å². The van der Waals surface area contributed by atoms with Crippen LogP contribution in [0.1, 0.15) is 27.7 Å². The summed E-state index contributed by atoms with van der Waals surface area (Å²) in [4.78, 5) is 0. The first-order valence-electron chi connectivity index (χ1n) is 3.95. The Bertz CT molecular complexity index is 81.3. The fourth-order valence-corrected chi connectivity index (χ4v) is 0.592. The molecule has 2 N–H and O–H groups in total. The average molecular weight is 145 g/mol. The number of hydrogen-bond acceptors (Lipinski definition) is 2. The van der Waals surface area contributed by atoms with Gasteiger partial charge in [0.15, 0.2) is 0 Å². The zero-order valence-corrected chi connectivity index (χ0v) is 7.39. The number of nitrogens with one attached hydrogen (secondary N) is 1. The van der Waals surface area contributed by atoms with Gasteiger partial charge in [0.05, 0.1) is 6.10 Å². The van der Waals surface area contributed by atoms with Crippen molar-refractivity contribution in [2.45, 2.75) is 39.8 Å². The van der Waals surface area contributed by atoms with E-state index in [1.165, 1.54) is 0 Å². The standard InChI is InChI=1S/C8H19NO/c1-6(2)8(4)9-5-7(3)10/h6-10H,5H2,1-4H3/t7-,8-/m1/s1. The van der Waals surface area contributed by atoms with E-state index in [2.05, 4.69) is 26.1 Å². The Labute approximate surface area is 63.6 Å². The van der Waals surface area contributed by atoms with Crippen molar-refractivity contribution in [1.29, 1.82) is 0 Å². The van der Waals surface area contributed by atoms with E-state index in [1.54, 1.807) is 6.92 Å². The van der Waals surface area contributed by atoms with Gasteiger partial charge < -0.3 is 10.4 Å². The molecule has 0 saturated carbocycles. The summed E-state index contributed by atoms with van der Waals surface area (Å²) in [6.45, 7) is 8.95. The van der Waals surface area contributed by atoms with E-state index in [0.29, 0.717) is 18.5 Å². The molecule has 0 radical (unpaired) electrons. The highest BCUT2D eigenvalue weighted by Crippen LogP contribution is 1.98. The Kier molecular flexibility index (Phi) is 4.65. The Balaban J connectivity index is 3.30. The van der Waals surface area contributed by atoms with Crippen LogP contribution in [0.3, 0.4) is 0 Å². The number of hydrogen-bond donors (Lipinski definition) is 2. The molecule has 0 unspecified atom stereocenters. The van der Waals surface area contributed by atoms with Crippen molar-refractivity contribution in [1.82, 2.24) is 5.32 Å². The molecule has 0 aliphatic rings. The molecule has 0 saturated heterocycles. The van der Waals surface area contributed by atoms with Crippen molar-refractivity contribution in [3.63, 3.8) is 0 Å². The van der Waals surface area contributed by atoms with E-state index in [0.717, 1.165) is 0 Å². The molecule has 2 heteroatoms. The number of aliphatic hydroxyl groups is 1. The number of rotatable bonds is 4. The second-order valence-corrected chi connectivity index (χ2v) is 3.29. The van der Waals surface area contributed by atoms with Crippen LogP contribution in [-0.2, 0) is 0 Å². The third kappa shape index (κ3) is 4.77. The van der Waals surface area contributed by atoms with E-state index < -0.39 is 0 Å². The molecule has 62 valence electrons. The smallest absolute Gasteiger partial charge is 0.0636 e. The van der Waals surface area contributed by atoms with Gasteiger partial charge in [0.2, 0.25) is 0 Å². The quantitative estimate of drug-likeness (QED) is 0.618. The minimum atomic E-state index is -0.235. The maximum Gasteiger partial charge on any atom is 0.0636 e. The first-order chi connectivity index (χ1) is 4.54. The Morgan fingerprint density at radius 3 is 2.00 bits per heavy atom. The highest BCUT2D eigenvalue weighted by atomic mass is 16.3. The largest absolute Gasteiger partial charge is 0.392 e. The van der Waals surface area contributed by atoms with Gasteiger partial charge in [-0.15, -0.1) is 0 Å². The van der Waals surface area contributed by atoms with Crippen LogP contribution in [0.2, 0.25) is 0 Å². The van der Waals surface area contributed by atoms with Gasteiger partial charge in [0, 0.05) is 12.6 Å². The molecule has 0 amide bonds. The summed E-state index contributed by atoms with van der Waals surface area (Å²) >= 11 is 0. The molecule has 0 aromatic rings. The molecule has 2 atom stereocenters. The molecular weight excluding hydrogens is 126 g/mol. The average Bonchev–Trinajstić information content (AvgIpc) is 1.82. The third-order valence-corrected chi connectivity index (χ3v) is 1.74. The van der Waals surface area contributed by atoms with Crippen LogP contribution in [0.4, 0.5) is 0 Å². The second kappa shape index (κ2) is 4.69. The Morgan fingerprint density at radius 1 is 1.20 bits per heavy atom. The van der Waals surface area contributed by atoms with Gasteiger partial charge in [0.25, 0.3) is 0 Å². The van der Waals surface area contributed by atoms with Gasteiger partial charge in [-0.25, -0.2) is 0 Å². The van der Waals surface area contributed by atoms with Crippen LogP contribution in [0.15, 0.2) is 0 Å². The van der Waals surface area contributed by atoms with Gasteiger partial charge in [-0.3, -0.25) is 0 Å². The predicted molar refractivity (Wildman–Crippen MR) is 44.0 cm³/mol. The van der Waals surface area contributed by atoms with Crippen molar-refractivity contribution < 1.29 is 5.11 Å². The highest BCUT2D eigenvalue weighted by molar-refractivity contribution is 4.65. The van der Waals surface area contributed by atoms with E-state index in [-0.39, 0.29) is 6.10 Å². The monoisotopic (exact) mass is 145 g/mol. The molecule has 0 fully saturated rings. The SMILES string of the molecule is CC(C)[C@@H](C)NC[C@@H](C)O. The van der Waals surface area contributed by atoms with Crippen molar-refractivity contribution >= 4 is 0 Å². The van der Waals surface area contributed by atoms with Crippen molar-refractivity contribution in [3.8, 4) is 0 Å². The maximum atomic E-state index is 8.92. The van der Waals surface area contributed by atoms with Crippen molar-refractivity contribution in [2.24, 2.45) is 5.92 Å². The molecule has 0 rings (SSSR count). The molecule has 0 aliphatic carbocycles. The van der Waals surface area contributed by atoms with E-state index in [4.69, 9.17) is 5.11 Å². The first-order valence-corrected chi connectivity index (χ1v) is 3.95. The van der Waals surface area contributed by atoms with E-state index in [9.17, 15) is 0 Å². The first kappa shape index (κ1) is 9.92. The fourth-order valence-electron chi connectivity index (χ4n) is 0.592. The van der Waals surface area contributed by atoms with Crippen LogP contribution < -0.4 is 5.32 Å². The van der Waals surface area contributed by atoms with Crippen molar-refractivity contribution in [3.05, 3.63) is 0 Å². The third-order valence-electron chi connectivity index (χ3n) is 1.74. The summed E-state index contributed by atoms with van der Waals surface area (Å²) in [6, 6.07) is 0.495. The number of aliphatic hydroxyl groups excluding tert-OH is 1. The topological polar surface area (TPSA) is 32.3 Å². The molecule has 0 heterocycles. The molecule has 0 bridgehead atoms. The molecule has 10 heavy (non-hydrogen) atoms. The second-order valence-electron chi connectivity index (χ2n) is 3.29. The Morgan fingerprint density at radius 2 is 1.70 bits per heavy atom. The highest BCUT2D eigenvalue weighted by Gasteiger charge is 2.05. The lowest BCUT2D eigenvalue weighted by Gasteiger charge is -2.18. The molecule has 0 spiro atoms. The van der Waals surface area contributed by atoms with Crippen LogP contribution in [0.5, 0.6) is 0 Å². The lowest BCUT2D eigenvalue weighted by atomic mass is 10.1. The van der Waals surface area contributed by atoms with Gasteiger partial charge >= 0.3 is 0 Å². The van der Waals surface area contributed by atoms with E-state index >= 15 is 0 Å². The van der Waals surface area contributed by atoms with Crippen LogP contribution in [-0.4, -0.2) is 23.8 Å². The fraction of sp³-hybridized carbons (Fsp3) is 1.00. The minimum absolute atomic E-state index is 0.235. The maximum absolute atomic E-state index is 8.92. The molecule has 0 aromatic heterocycles. The lowest BCUT2D eigenvalue weighted by molar-refractivity contribution is 0.183. The normalized spacial score (nSPS) is 17.4. The van der Waals surface area contributed by atoms with Crippen LogP contribution in [0, 0.1) is 5.92 Å². The molecule has 0 aliphatic heterocycles. The van der Waals surface area contributed by atoms with E-state index in [1.807, 2.05) is 0 Å². The summed E-state index contributed by atoms with van der Waals surface area (Å²) < 4.78 is 0. The van der Waals surface area contributed by atoms with Gasteiger partial charge in [-0.1, -0.05) is 13.8 Å². The summed E-state index contributed by atoms with van der Waals surface area (Å²) in [7, 11) is 0. The summed E-state index contributed by atoms with van der Waals surface area (Å²) in [5.41, 5.74) is 0. The zero-order chi connectivity index (χ0) is 8.15. The minimum Gasteiger partial charge on any atom is -0.392 e. The zero-order valence-electron chi connectivity index (χ0n) is 7.39. The predicted octanol–water partition coefficient (Wildman–Crippen LogP) is 1.00. The Hall–Kier alpha value is -0.0800. The summed E-state index contributed by atoms with van der Waals surface area (Å²) in [5.74, 6) is 0.638. The summed E-state index contributed by atoms with van der Waals surface area (Å²) in [5, 5.41) is 12.2.